The number of nitrogens with zero attached hydrogens (tertiary/aromatic N) is 1. The van der Waals surface area contributed by atoms with Gasteiger partial charge in [0.1, 0.15) is 5.52 Å². The van der Waals surface area contributed by atoms with Gasteiger partial charge in [0.15, 0.2) is 5.58 Å². The summed E-state index contributed by atoms with van der Waals surface area (Å²) in [5.74, 6) is 0.640. The molecule has 0 amide bonds. The topological polar surface area (TPSA) is 52.0 Å². The van der Waals surface area contributed by atoms with Crippen molar-refractivity contribution in [1.82, 2.24) is 4.98 Å². The van der Waals surface area contributed by atoms with Crippen molar-refractivity contribution in [2.24, 2.45) is 5.73 Å². The van der Waals surface area contributed by atoms with Crippen LogP contribution < -0.4 is 5.73 Å². The molecule has 0 aliphatic carbocycles. The normalized spacial score (nSPS) is 13.3. The lowest BCUT2D eigenvalue weighted by atomic mass is 10.1. The molecular formula is C12H16N2O. The lowest BCUT2D eigenvalue weighted by molar-refractivity contribution is 0.469. The number of benzene rings is 1. The van der Waals surface area contributed by atoms with Crippen molar-refractivity contribution >= 4 is 11.1 Å². The van der Waals surface area contributed by atoms with Crippen LogP contribution in [0.3, 0.4) is 0 Å². The Morgan fingerprint density at radius 2 is 2.20 bits per heavy atom. The quantitative estimate of drug-likeness (QED) is 0.836. The second-order valence-corrected chi connectivity index (χ2v) is 3.72. The Morgan fingerprint density at radius 1 is 1.40 bits per heavy atom. The van der Waals surface area contributed by atoms with E-state index in [1.54, 1.807) is 0 Å². The average molecular weight is 204 g/mol. The molecule has 0 saturated carbocycles. The number of hydrogen-bond acceptors (Lipinski definition) is 3. The minimum Gasteiger partial charge on any atom is -0.439 e. The van der Waals surface area contributed by atoms with E-state index in [9.17, 15) is 0 Å². The molecule has 0 radical (unpaired) electrons. The molecule has 1 unspecified atom stereocenters. The predicted octanol–water partition coefficient (Wildman–Crippen LogP) is 2.80. The number of fused-ring (bicyclic) bond motifs is 1. The first-order valence-electron chi connectivity index (χ1n) is 5.39. The first kappa shape index (κ1) is 10.2. The molecule has 1 atom stereocenters. The minimum atomic E-state index is -0.0949. The molecule has 0 saturated heterocycles. The molecule has 0 spiro atoms. The van der Waals surface area contributed by atoms with Crippen LogP contribution in [0.5, 0.6) is 0 Å². The van der Waals surface area contributed by atoms with Gasteiger partial charge in [-0.1, -0.05) is 19.9 Å². The smallest absolute Gasteiger partial charge is 0.212 e. The van der Waals surface area contributed by atoms with Crippen LogP contribution in [0.15, 0.2) is 22.6 Å². The Hall–Kier alpha value is -1.35. The molecule has 3 heteroatoms. The Labute approximate surface area is 89.3 Å². The summed E-state index contributed by atoms with van der Waals surface area (Å²) in [4.78, 5) is 4.40. The average Bonchev–Trinajstić information content (AvgIpc) is 2.70. The van der Waals surface area contributed by atoms with E-state index in [4.69, 9.17) is 10.2 Å². The zero-order valence-corrected chi connectivity index (χ0v) is 9.16. The van der Waals surface area contributed by atoms with Crippen LogP contribution in [0.25, 0.3) is 11.1 Å². The maximum Gasteiger partial charge on any atom is 0.212 e. The van der Waals surface area contributed by atoms with Gasteiger partial charge in [0.2, 0.25) is 5.89 Å². The van der Waals surface area contributed by atoms with Gasteiger partial charge in [-0.3, -0.25) is 0 Å². The second kappa shape index (κ2) is 4.03. The highest BCUT2D eigenvalue weighted by molar-refractivity contribution is 5.73. The van der Waals surface area contributed by atoms with Gasteiger partial charge >= 0.3 is 0 Å². The number of rotatable bonds is 3. The molecule has 2 N–H and O–H groups in total. The summed E-state index contributed by atoms with van der Waals surface area (Å²) in [7, 11) is 0. The summed E-state index contributed by atoms with van der Waals surface area (Å²) in [5, 5.41) is 0. The van der Waals surface area contributed by atoms with E-state index >= 15 is 0 Å². The summed E-state index contributed by atoms with van der Waals surface area (Å²) in [5.41, 5.74) is 8.88. The summed E-state index contributed by atoms with van der Waals surface area (Å²) >= 11 is 0. The highest BCUT2D eigenvalue weighted by atomic mass is 16.3. The fourth-order valence-electron chi connectivity index (χ4n) is 1.54. The molecule has 1 aromatic carbocycles. The van der Waals surface area contributed by atoms with Crippen molar-refractivity contribution in [3.63, 3.8) is 0 Å². The predicted molar refractivity (Wildman–Crippen MR) is 60.6 cm³/mol. The van der Waals surface area contributed by atoms with Gasteiger partial charge in [-0.15, -0.1) is 0 Å². The Kier molecular flexibility index (Phi) is 2.73. The third kappa shape index (κ3) is 1.88. The summed E-state index contributed by atoms with van der Waals surface area (Å²) in [6.45, 7) is 4.15. The molecule has 3 nitrogen and oxygen atoms in total. The first-order valence-corrected chi connectivity index (χ1v) is 5.39. The largest absolute Gasteiger partial charge is 0.439 e. The van der Waals surface area contributed by atoms with Crippen LogP contribution >= 0.6 is 0 Å². The summed E-state index contributed by atoms with van der Waals surface area (Å²) in [6.07, 6.45) is 1.85. The summed E-state index contributed by atoms with van der Waals surface area (Å²) < 4.78 is 5.58. The van der Waals surface area contributed by atoms with Crippen molar-refractivity contribution in [2.75, 3.05) is 0 Å². The molecule has 1 heterocycles. The second-order valence-electron chi connectivity index (χ2n) is 3.72. The van der Waals surface area contributed by atoms with E-state index in [1.165, 1.54) is 5.56 Å². The Morgan fingerprint density at radius 3 is 2.87 bits per heavy atom. The summed E-state index contributed by atoms with van der Waals surface area (Å²) in [6, 6.07) is 5.99. The Balaban J connectivity index is 2.46. The number of aryl methyl sites for hydroxylation is 1. The third-order valence-corrected chi connectivity index (χ3v) is 2.63. The molecule has 0 aliphatic heterocycles. The molecular weight excluding hydrogens is 188 g/mol. The van der Waals surface area contributed by atoms with Crippen LogP contribution in [-0.4, -0.2) is 4.98 Å². The van der Waals surface area contributed by atoms with E-state index < -0.39 is 0 Å². The number of hydrogen-bond donors (Lipinski definition) is 1. The Bertz CT molecular complexity index is 462. The highest BCUT2D eigenvalue weighted by Gasteiger charge is 2.11. The number of oxazole rings is 1. The highest BCUT2D eigenvalue weighted by Crippen LogP contribution is 2.21. The van der Waals surface area contributed by atoms with Crippen LogP contribution in [0.4, 0.5) is 0 Å². The maximum absolute atomic E-state index is 5.87. The third-order valence-electron chi connectivity index (χ3n) is 2.63. The van der Waals surface area contributed by atoms with Gasteiger partial charge in [-0.05, 0) is 30.5 Å². The van der Waals surface area contributed by atoms with Gasteiger partial charge in [-0.25, -0.2) is 4.98 Å². The molecule has 0 aliphatic rings. The number of aromatic nitrogens is 1. The zero-order valence-electron chi connectivity index (χ0n) is 9.16. The molecule has 80 valence electrons. The van der Waals surface area contributed by atoms with Gasteiger partial charge < -0.3 is 10.2 Å². The standard InChI is InChI=1S/C12H16N2O/c1-3-8-5-6-11-10(7-8)14-12(15-11)9(13)4-2/h5-7,9H,3-4,13H2,1-2H3. The van der Waals surface area contributed by atoms with Gasteiger partial charge in [0, 0.05) is 0 Å². The van der Waals surface area contributed by atoms with E-state index in [2.05, 4.69) is 24.0 Å². The SMILES string of the molecule is CCc1ccc2oc(C(N)CC)nc2c1. The van der Waals surface area contributed by atoms with Crippen LogP contribution in [0.2, 0.25) is 0 Å². The van der Waals surface area contributed by atoms with E-state index in [0.717, 1.165) is 23.9 Å². The van der Waals surface area contributed by atoms with Gasteiger partial charge in [0.25, 0.3) is 0 Å². The lowest BCUT2D eigenvalue weighted by Gasteiger charge is -2.00. The first-order chi connectivity index (χ1) is 7.24. The van der Waals surface area contributed by atoms with Gasteiger partial charge in [0.05, 0.1) is 6.04 Å². The van der Waals surface area contributed by atoms with Crippen LogP contribution in [0.1, 0.15) is 37.8 Å². The molecule has 0 fully saturated rings. The van der Waals surface area contributed by atoms with E-state index in [-0.39, 0.29) is 6.04 Å². The monoisotopic (exact) mass is 204 g/mol. The van der Waals surface area contributed by atoms with Gasteiger partial charge in [-0.2, -0.15) is 0 Å². The van der Waals surface area contributed by atoms with Crippen molar-refractivity contribution in [3.8, 4) is 0 Å². The maximum atomic E-state index is 5.87. The molecule has 2 aromatic rings. The van der Waals surface area contributed by atoms with Crippen molar-refractivity contribution in [1.29, 1.82) is 0 Å². The lowest BCUT2D eigenvalue weighted by Crippen LogP contribution is -2.08. The van der Waals surface area contributed by atoms with Crippen LogP contribution in [0, 0.1) is 0 Å². The van der Waals surface area contributed by atoms with Crippen LogP contribution in [-0.2, 0) is 6.42 Å². The number of nitrogens with two attached hydrogens (primary N) is 1. The molecule has 15 heavy (non-hydrogen) atoms. The minimum absolute atomic E-state index is 0.0949. The van der Waals surface area contributed by atoms with Crippen molar-refractivity contribution < 1.29 is 4.42 Å². The molecule has 1 aromatic heterocycles. The molecule has 0 bridgehead atoms. The van der Waals surface area contributed by atoms with Crippen molar-refractivity contribution in [3.05, 3.63) is 29.7 Å². The van der Waals surface area contributed by atoms with Crippen molar-refractivity contribution in [2.45, 2.75) is 32.7 Å². The molecule has 2 rings (SSSR count). The van der Waals surface area contributed by atoms with E-state index in [1.807, 2.05) is 13.0 Å². The fraction of sp³-hybridized carbons (Fsp3) is 0.417. The zero-order chi connectivity index (χ0) is 10.8. The fourth-order valence-corrected chi connectivity index (χ4v) is 1.54. The van der Waals surface area contributed by atoms with E-state index in [0.29, 0.717) is 5.89 Å².